The molecule has 0 saturated heterocycles. The molecule has 0 bridgehead atoms. The van der Waals surface area contributed by atoms with Crippen LogP contribution in [0.15, 0.2) is 30.5 Å². The van der Waals surface area contributed by atoms with E-state index in [1.165, 1.54) is 0 Å². The number of aliphatic carboxylic acids is 1. The van der Waals surface area contributed by atoms with E-state index < -0.39 is 23.9 Å². The molecule has 0 spiro atoms. The molecule has 0 aliphatic heterocycles. The van der Waals surface area contributed by atoms with Crippen molar-refractivity contribution in [2.24, 2.45) is 5.73 Å². The van der Waals surface area contributed by atoms with E-state index in [1.54, 1.807) is 17.9 Å². The number of nitrogens with two attached hydrogens (primary N) is 1. The summed E-state index contributed by atoms with van der Waals surface area (Å²) in [5, 5.41) is 15.0. The van der Waals surface area contributed by atoms with E-state index in [0.29, 0.717) is 12.2 Å². The first-order valence-corrected chi connectivity index (χ1v) is 8.09. The van der Waals surface area contributed by atoms with E-state index in [2.05, 4.69) is 10.6 Å². The van der Waals surface area contributed by atoms with Crippen molar-refractivity contribution in [1.29, 1.82) is 0 Å². The second kappa shape index (κ2) is 8.75. The first kappa shape index (κ1) is 19.1. The largest absolute Gasteiger partial charge is 0.496 e. The first-order valence-electron chi connectivity index (χ1n) is 8.09. The van der Waals surface area contributed by atoms with Crippen molar-refractivity contribution in [3.8, 4) is 5.75 Å². The second-order valence-electron chi connectivity index (χ2n) is 5.73. The number of rotatable bonds is 9. The lowest BCUT2D eigenvalue weighted by Crippen LogP contribution is -2.42. The number of ether oxygens (including phenoxy) is 1. The Hall–Kier alpha value is -3.23. The van der Waals surface area contributed by atoms with Gasteiger partial charge >= 0.3 is 12.0 Å². The third-order valence-electron chi connectivity index (χ3n) is 3.91. The highest BCUT2D eigenvalue weighted by molar-refractivity contribution is 5.89. The van der Waals surface area contributed by atoms with Gasteiger partial charge in [0.2, 0.25) is 5.91 Å². The summed E-state index contributed by atoms with van der Waals surface area (Å²) in [6, 6.07) is 5.64. The van der Waals surface area contributed by atoms with Crippen LogP contribution in [0.25, 0.3) is 10.9 Å². The predicted molar refractivity (Wildman–Crippen MR) is 94.9 cm³/mol. The Morgan fingerprint density at radius 1 is 1.31 bits per heavy atom. The van der Waals surface area contributed by atoms with Crippen LogP contribution in [0, 0.1) is 0 Å². The fourth-order valence-corrected chi connectivity index (χ4v) is 2.68. The van der Waals surface area contributed by atoms with Gasteiger partial charge in [-0.3, -0.25) is 4.79 Å². The Balaban J connectivity index is 1.97. The van der Waals surface area contributed by atoms with Gasteiger partial charge in [-0.1, -0.05) is 6.07 Å². The van der Waals surface area contributed by atoms with Gasteiger partial charge in [-0.05, 0) is 31.0 Å². The lowest BCUT2D eigenvalue weighted by Gasteiger charge is -2.15. The Bertz CT molecular complexity index is 802. The Morgan fingerprint density at radius 3 is 2.73 bits per heavy atom. The topological polar surface area (TPSA) is 136 Å². The normalized spacial score (nSPS) is 11.7. The number of benzene rings is 1. The third-order valence-corrected chi connectivity index (χ3v) is 3.91. The van der Waals surface area contributed by atoms with Crippen molar-refractivity contribution in [2.45, 2.75) is 25.4 Å². The molecule has 9 nitrogen and oxygen atoms in total. The van der Waals surface area contributed by atoms with E-state index in [4.69, 9.17) is 10.5 Å². The number of carbonyl (C=O) groups is 3. The highest BCUT2D eigenvalue weighted by Crippen LogP contribution is 2.26. The van der Waals surface area contributed by atoms with Gasteiger partial charge in [0.15, 0.2) is 0 Å². The van der Waals surface area contributed by atoms with Crippen LogP contribution in [-0.4, -0.2) is 47.3 Å². The number of nitrogens with zero attached hydrogens (tertiary/aromatic N) is 1. The molecular formula is C17H22N4O5. The molecule has 9 heteroatoms. The molecule has 0 aliphatic rings. The highest BCUT2D eigenvalue weighted by Gasteiger charge is 2.20. The van der Waals surface area contributed by atoms with E-state index in [9.17, 15) is 19.5 Å². The maximum absolute atomic E-state index is 12.2. The van der Waals surface area contributed by atoms with E-state index in [1.807, 2.05) is 24.3 Å². The fraction of sp³-hybridized carbons (Fsp3) is 0.353. The van der Waals surface area contributed by atoms with Crippen LogP contribution in [0.5, 0.6) is 5.75 Å². The number of carboxylic acid groups (broad SMARTS) is 1. The van der Waals surface area contributed by atoms with Crippen LogP contribution in [0.3, 0.4) is 0 Å². The molecule has 0 radical (unpaired) electrons. The zero-order chi connectivity index (χ0) is 19.1. The van der Waals surface area contributed by atoms with Crippen molar-refractivity contribution < 1.29 is 24.2 Å². The first-order chi connectivity index (χ1) is 12.4. The number of urea groups is 1. The van der Waals surface area contributed by atoms with Crippen LogP contribution < -0.4 is 21.1 Å². The summed E-state index contributed by atoms with van der Waals surface area (Å²) in [5.74, 6) is -0.843. The van der Waals surface area contributed by atoms with Gasteiger partial charge in [0.25, 0.3) is 0 Å². The SMILES string of the molecule is COc1cccc2c1ccn2CC(=O)N[C@@H](CCCNC(N)=O)C(=O)O. The molecule has 2 rings (SSSR count). The number of carboxylic acids is 1. The quantitative estimate of drug-likeness (QED) is 0.486. The van der Waals surface area contributed by atoms with Crippen molar-refractivity contribution in [3.63, 3.8) is 0 Å². The molecule has 3 amide bonds. The minimum absolute atomic E-state index is 0.0139. The molecular weight excluding hydrogens is 340 g/mol. The van der Waals surface area contributed by atoms with Crippen LogP contribution >= 0.6 is 0 Å². The molecule has 5 N–H and O–H groups in total. The summed E-state index contributed by atoms with van der Waals surface area (Å²) in [4.78, 5) is 34.2. The lowest BCUT2D eigenvalue weighted by molar-refractivity contribution is -0.142. The average Bonchev–Trinajstić information content (AvgIpc) is 3.00. The minimum Gasteiger partial charge on any atom is -0.496 e. The number of carbonyl (C=O) groups excluding carboxylic acids is 2. The van der Waals surface area contributed by atoms with Gasteiger partial charge in [-0.25, -0.2) is 9.59 Å². The number of aromatic nitrogens is 1. The van der Waals surface area contributed by atoms with Crippen LogP contribution in [0.2, 0.25) is 0 Å². The van der Waals surface area contributed by atoms with Crippen LogP contribution in [0.4, 0.5) is 4.79 Å². The van der Waals surface area contributed by atoms with Crippen molar-refractivity contribution >= 4 is 28.8 Å². The molecule has 1 atom stereocenters. The monoisotopic (exact) mass is 362 g/mol. The Labute approximate surface area is 150 Å². The highest BCUT2D eigenvalue weighted by atomic mass is 16.5. The number of amides is 3. The summed E-state index contributed by atoms with van der Waals surface area (Å²) < 4.78 is 7.01. The second-order valence-corrected chi connectivity index (χ2v) is 5.73. The molecule has 26 heavy (non-hydrogen) atoms. The summed E-state index contributed by atoms with van der Waals surface area (Å²) in [6.07, 6.45) is 2.31. The molecule has 0 unspecified atom stereocenters. The van der Waals surface area contributed by atoms with E-state index in [-0.39, 0.29) is 19.5 Å². The van der Waals surface area contributed by atoms with Gasteiger partial charge in [0.05, 0.1) is 12.6 Å². The third kappa shape index (κ3) is 4.88. The van der Waals surface area contributed by atoms with Gasteiger partial charge in [-0.15, -0.1) is 0 Å². The van der Waals surface area contributed by atoms with Crippen LogP contribution in [0.1, 0.15) is 12.8 Å². The molecule has 0 saturated carbocycles. The van der Waals surface area contributed by atoms with E-state index >= 15 is 0 Å². The lowest BCUT2D eigenvalue weighted by atomic mass is 10.1. The standard InChI is InChI=1S/C17H22N4O5/c1-26-14-6-2-5-13-11(14)7-9-21(13)10-15(22)20-12(16(23)24)4-3-8-19-17(18)25/h2,5-7,9,12H,3-4,8,10H2,1H3,(H,20,22)(H,23,24)(H3,18,19,25)/t12-/m0/s1. The molecule has 1 aromatic carbocycles. The molecule has 0 aliphatic carbocycles. The zero-order valence-electron chi connectivity index (χ0n) is 14.4. The molecule has 0 fully saturated rings. The molecule has 140 valence electrons. The number of primary amides is 1. The number of nitrogens with one attached hydrogen (secondary N) is 2. The summed E-state index contributed by atoms with van der Waals surface area (Å²) >= 11 is 0. The fourth-order valence-electron chi connectivity index (χ4n) is 2.68. The van der Waals surface area contributed by atoms with Crippen LogP contribution in [-0.2, 0) is 16.1 Å². The predicted octanol–water partition coefficient (Wildman–Crippen LogP) is 0.668. The number of methoxy groups -OCH3 is 1. The summed E-state index contributed by atoms with van der Waals surface area (Å²) in [5.41, 5.74) is 5.76. The number of hydrogen-bond donors (Lipinski definition) is 4. The van der Waals surface area contributed by atoms with Gasteiger partial charge in [-0.2, -0.15) is 0 Å². The molecule has 1 heterocycles. The van der Waals surface area contributed by atoms with Crippen molar-refractivity contribution in [1.82, 2.24) is 15.2 Å². The smallest absolute Gasteiger partial charge is 0.326 e. The van der Waals surface area contributed by atoms with Crippen molar-refractivity contribution in [3.05, 3.63) is 30.5 Å². The summed E-state index contributed by atoms with van der Waals surface area (Å²) in [7, 11) is 1.57. The van der Waals surface area contributed by atoms with Crippen molar-refractivity contribution in [2.75, 3.05) is 13.7 Å². The Kier molecular flexibility index (Phi) is 6.42. The van der Waals surface area contributed by atoms with Gasteiger partial charge < -0.3 is 30.8 Å². The number of fused-ring (bicyclic) bond motifs is 1. The van der Waals surface area contributed by atoms with Gasteiger partial charge in [0.1, 0.15) is 18.3 Å². The Morgan fingerprint density at radius 2 is 2.08 bits per heavy atom. The molecule has 1 aromatic heterocycles. The number of hydrogen-bond acceptors (Lipinski definition) is 4. The molecule has 2 aromatic rings. The maximum atomic E-state index is 12.2. The summed E-state index contributed by atoms with van der Waals surface area (Å²) in [6.45, 7) is 0.233. The average molecular weight is 362 g/mol. The maximum Gasteiger partial charge on any atom is 0.326 e. The minimum atomic E-state index is -1.13. The van der Waals surface area contributed by atoms with Gasteiger partial charge in [0, 0.05) is 18.1 Å². The van der Waals surface area contributed by atoms with E-state index in [0.717, 1.165) is 10.9 Å². The zero-order valence-corrected chi connectivity index (χ0v) is 14.4.